The zero-order valence-electron chi connectivity index (χ0n) is 7.77. The molecule has 1 heterocycles. The molecular formula is C8H11N3O2S. The molecule has 0 unspecified atom stereocenters. The van der Waals surface area contributed by atoms with E-state index in [1.807, 2.05) is 6.92 Å². The molecule has 0 atom stereocenters. The van der Waals surface area contributed by atoms with Crippen molar-refractivity contribution >= 4 is 28.5 Å². The smallest absolute Gasteiger partial charge is 0.180 e. The molecule has 14 heavy (non-hydrogen) atoms. The van der Waals surface area contributed by atoms with Gasteiger partial charge in [-0.05, 0) is 6.42 Å². The van der Waals surface area contributed by atoms with Gasteiger partial charge in [-0.1, -0.05) is 12.1 Å². The largest absolute Gasteiger partial charge is 0.395 e. The molecule has 0 spiro atoms. The maximum absolute atomic E-state index is 10.6. The lowest BCUT2D eigenvalue weighted by atomic mass is 10.3. The van der Waals surface area contributed by atoms with E-state index in [9.17, 15) is 4.79 Å². The fourth-order valence-corrected chi connectivity index (χ4v) is 1.30. The number of nitrogens with zero attached hydrogens (tertiary/aromatic N) is 2. The van der Waals surface area contributed by atoms with Crippen molar-refractivity contribution in [1.82, 2.24) is 4.98 Å². The first kappa shape index (κ1) is 10.6. The van der Waals surface area contributed by atoms with Crippen LogP contribution in [0.1, 0.15) is 19.0 Å². The van der Waals surface area contributed by atoms with Crippen molar-refractivity contribution in [3.8, 4) is 0 Å². The topological polar surface area (TPSA) is 77.6 Å². The lowest BCUT2D eigenvalue weighted by molar-refractivity contribution is -0.102. The van der Waals surface area contributed by atoms with Gasteiger partial charge in [0, 0.05) is 5.38 Å². The van der Waals surface area contributed by atoms with Gasteiger partial charge in [0.05, 0.1) is 0 Å². The van der Waals surface area contributed by atoms with Gasteiger partial charge < -0.3 is 10.6 Å². The van der Waals surface area contributed by atoms with Gasteiger partial charge in [0.2, 0.25) is 0 Å². The molecule has 76 valence electrons. The highest BCUT2D eigenvalue weighted by Crippen LogP contribution is 2.11. The second kappa shape index (κ2) is 5.33. The van der Waals surface area contributed by atoms with E-state index in [0.717, 1.165) is 6.42 Å². The van der Waals surface area contributed by atoms with Gasteiger partial charge in [0.25, 0.3) is 0 Å². The highest BCUT2D eigenvalue weighted by Gasteiger charge is 2.06. The number of thiazole rings is 1. The predicted octanol–water partition coefficient (Wildman–Crippen LogP) is 1.05. The number of oxime groups is 1. The molecule has 5 nitrogen and oxygen atoms in total. The number of nitrogen functional groups attached to an aromatic ring is 1. The van der Waals surface area contributed by atoms with E-state index >= 15 is 0 Å². The molecule has 1 rings (SSSR count). The average molecular weight is 213 g/mol. The van der Waals surface area contributed by atoms with Gasteiger partial charge in [-0.25, -0.2) is 4.98 Å². The first-order valence-electron chi connectivity index (χ1n) is 4.14. The number of rotatable bonds is 5. The molecular weight excluding hydrogens is 202 g/mol. The second-order valence-corrected chi connectivity index (χ2v) is 3.39. The van der Waals surface area contributed by atoms with Crippen LogP contribution >= 0.6 is 11.3 Å². The predicted molar refractivity (Wildman–Crippen MR) is 55.4 cm³/mol. The van der Waals surface area contributed by atoms with E-state index in [4.69, 9.17) is 10.6 Å². The van der Waals surface area contributed by atoms with Crippen LogP contribution in [0.5, 0.6) is 0 Å². The summed E-state index contributed by atoms with van der Waals surface area (Å²) in [6.45, 7) is 2.44. The number of aromatic nitrogens is 1. The number of hydrogen-bond acceptors (Lipinski definition) is 6. The van der Waals surface area contributed by atoms with Crippen molar-refractivity contribution in [2.24, 2.45) is 5.16 Å². The van der Waals surface area contributed by atoms with Crippen LogP contribution in [0.4, 0.5) is 5.13 Å². The molecule has 6 heteroatoms. The summed E-state index contributed by atoms with van der Waals surface area (Å²) in [4.78, 5) is 19.4. The Morgan fingerprint density at radius 2 is 2.64 bits per heavy atom. The summed E-state index contributed by atoms with van der Waals surface area (Å²) in [7, 11) is 0. The Morgan fingerprint density at radius 1 is 1.86 bits per heavy atom. The van der Waals surface area contributed by atoms with E-state index in [-0.39, 0.29) is 5.71 Å². The molecule has 0 saturated carbocycles. The van der Waals surface area contributed by atoms with Crippen LogP contribution in [0.25, 0.3) is 0 Å². The molecule has 0 saturated heterocycles. The molecule has 0 aliphatic rings. The fourth-order valence-electron chi connectivity index (χ4n) is 0.740. The summed E-state index contributed by atoms with van der Waals surface area (Å²) < 4.78 is 0. The number of nitrogens with two attached hydrogens (primary N) is 1. The van der Waals surface area contributed by atoms with Crippen LogP contribution in [0.3, 0.4) is 0 Å². The van der Waals surface area contributed by atoms with E-state index in [1.165, 1.54) is 11.3 Å². The zero-order chi connectivity index (χ0) is 10.4. The number of aldehydes is 1. The molecule has 2 N–H and O–H groups in total. The molecule has 1 aromatic heterocycles. The highest BCUT2D eigenvalue weighted by atomic mass is 32.1. The van der Waals surface area contributed by atoms with Gasteiger partial charge in [0.1, 0.15) is 12.3 Å². The summed E-state index contributed by atoms with van der Waals surface area (Å²) >= 11 is 1.26. The molecule has 0 aliphatic carbocycles. The molecule has 0 bridgehead atoms. The van der Waals surface area contributed by atoms with Gasteiger partial charge in [-0.2, -0.15) is 0 Å². The molecule has 0 radical (unpaired) electrons. The minimum Gasteiger partial charge on any atom is -0.395 e. The Labute approximate surface area is 85.6 Å². The molecule has 0 fully saturated rings. The maximum atomic E-state index is 10.6. The summed E-state index contributed by atoms with van der Waals surface area (Å²) in [5.74, 6) is 0. The van der Waals surface area contributed by atoms with Crippen LogP contribution in [0.15, 0.2) is 10.5 Å². The normalized spacial score (nSPS) is 11.4. The van der Waals surface area contributed by atoms with Gasteiger partial charge in [-0.3, -0.25) is 4.79 Å². The standard InChI is InChI=1S/C8H11N3O2S/c1-2-3-13-11-6(4-12)7-5-14-8(9)10-7/h4-5H,2-3H2,1H3,(H2,9,10)/b11-6+. The third-order valence-corrected chi connectivity index (χ3v) is 2.03. The number of anilines is 1. The van der Waals surface area contributed by atoms with E-state index in [2.05, 4.69) is 10.1 Å². The zero-order valence-corrected chi connectivity index (χ0v) is 8.58. The summed E-state index contributed by atoms with van der Waals surface area (Å²) in [5, 5.41) is 5.72. The monoisotopic (exact) mass is 213 g/mol. The second-order valence-electron chi connectivity index (χ2n) is 2.50. The molecule has 1 aromatic rings. The van der Waals surface area contributed by atoms with Gasteiger partial charge >= 0.3 is 0 Å². The number of carbonyl (C=O) groups excluding carboxylic acids is 1. The van der Waals surface area contributed by atoms with Crippen molar-refractivity contribution in [3.05, 3.63) is 11.1 Å². The number of hydrogen-bond donors (Lipinski definition) is 1. The number of carbonyl (C=O) groups is 1. The van der Waals surface area contributed by atoms with Crippen molar-refractivity contribution < 1.29 is 9.63 Å². The first-order valence-corrected chi connectivity index (χ1v) is 5.02. The molecule has 0 aromatic carbocycles. The van der Waals surface area contributed by atoms with Crippen LogP contribution in [-0.4, -0.2) is 23.6 Å². The van der Waals surface area contributed by atoms with Gasteiger partial charge in [-0.15, -0.1) is 11.3 Å². The average Bonchev–Trinajstić information content (AvgIpc) is 2.60. The molecule has 0 aliphatic heterocycles. The van der Waals surface area contributed by atoms with Crippen LogP contribution in [-0.2, 0) is 9.63 Å². The minimum absolute atomic E-state index is 0.173. The lowest BCUT2D eigenvalue weighted by Crippen LogP contribution is -2.04. The van der Waals surface area contributed by atoms with E-state index in [1.54, 1.807) is 5.38 Å². The SMILES string of the molecule is CCCO/N=C(\C=O)c1csc(N)n1. The Bertz CT molecular complexity index is 335. The summed E-state index contributed by atoms with van der Waals surface area (Å²) in [6.07, 6.45) is 1.44. The van der Waals surface area contributed by atoms with E-state index in [0.29, 0.717) is 23.7 Å². The van der Waals surface area contributed by atoms with Crippen LogP contribution in [0, 0.1) is 0 Å². The lowest BCUT2D eigenvalue weighted by Gasteiger charge is -1.96. The fraction of sp³-hybridized carbons (Fsp3) is 0.375. The minimum atomic E-state index is 0.173. The van der Waals surface area contributed by atoms with Crippen molar-refractivity contribution in [2.75, 3.05) is 12.3 Å². The highest BCUT2D eigenvalue weighted by molar-refractivity contribution is 7.13. The van der Waals surface area contributed by atoms with Crippen molar-refractivity contribution in [1.29, 1.82) is 0 Å². The molecule has 0 amide bonds. The maximum Gasteiger partial charge on any atom is 0.180 e. The Morgan fingerprint density at radius 3 is 3.14 bits per heavy atom. The van der Waals surface area contributed by atoms with Crippen LogP contribution < -0.4 is 5.73 Å². The van der Waals surface area contributed by atoms with Gasteiger partial charge in [0.15, 0.2) is 17.1 Å². The van der Waals surface area contributed by atoms with Crippen molar-refractivity contribution in [2.45, 2.75) is 13.3 Å². The summed E-state index contributed by atoms with van der Waals surface area (Å²) in [5.41, 5.74) is 6.05. The Balaban J connectivity index is 2.71. The first-order chi connectivity index (χ1) is 6.77. The quantitative estimate of drug-likeness (QED) is 0.343. The third kappa shape index (κ3) is 2.81. The van der Waals surface area contributed by atoms with Crippen molar-refractivity contribution in [3.63, 3.8) is 0 Å². The van der Waals surface area contributed by atoms with E-state index < -0.39 is 0 Å². The Kier molecular flexibility index (Phi) is 4.06. The third-order valence-electron chi connectivity index (χ3n) is 1.35. The summed E-state index contributed by atoms with van der Waals surface area (Å²) in [6, 6.07) is 0. The van der Waals surface area contributed by atoms with Crippen LogP contribution in [0.2, 0.25) is 0 Å². The Hall–Kier alpha value is -1.43.